The molecule has 5 heteroatoms. The zero-order chi connectivity index (χ0) is 21.6. The van der Waals surface area contributed by atoms with E-state index in [9.17, 15) is 0 Å². The number of rotatable bonds is 6. The molecule has 0 saturated heterocycles. The van der Waals surface area contributed by atoms with Gasteiger partial charge in [0.25, 0.3) is 0 Å². The molecule has 0 rings (SSSR count). The molecule has 0 N–H and O–H groups in total. The molecule has 0 saturated carbocycles. The van der Waals surface area contributed by atoms with Gasteiger partial charge in [0.05, 0.1) is 34.0 Å². The van der Waals surface area contributed by atoms with Crippen molar-refractivity contribution in [1.29, 1.82) is 0 Å². The number of hydrogen-bond acceptors (Lipinski definition) is 0. The Morgan fingerprint density at radius 1 is 0.577 bits per heavy atom. The SMILES string of the molecule is CC(C)[PH+](C(C)C)C(C)C.CC(C)[PH+](C(C)C)C(C)C.CC=[C]=[Ru]([Cl])[Cl]. The summed E-state index contributed by atoms with van der Waals surface area (Å²) in [5.41, 5.74) is 5.61. The van der Waals surface area contributed by atoms with Gasteiger partial charge in [-0.3, -0.25) is 0 Å². The van der Waals surface area contributed by atoms with Crippen LogP contribution in [0.3, 0.4) is 0 Å². The standard InChI is InChI=1S/2C9H21P.C3H4.2ClH.Ru/c2*1-7(2)10(8(3)4)9(5)6;1-3-2;;;/h2*7-9H,1-6H3;3H,1H3;2*1H;/q;;;;;+2. The molecule has 0 heterocycles. The van der Waals surface area contributed by atoms with E-state index in [0.717, 1.165) is 34.0 Å². The monoisotopic (exact) mass is 534 g/mol. The van der Waals surface area contributed by atoms with Crippen molar-refractivity contribution < 1.29 is 13.5 Å². The first-order chi connectivity index (χ1) is 11.7. The molecule has 0 fully saturated rings. The van der Waals surface area contributed by atoms with Gasteiger partial charge in [-0.05, 0) is 83.1 Å². The Bertz CT molecular complexity index is 319. The fourth-order valence-corrected chi connectivity index (χ4v) is 13.4. The van der Waals surface area contributed by atoms with Crippen LogP contribution in [-0.2, 0) is 13.5 Å². The van der Waals surface area contributed by atoms with Crippen LogP contribution in [0.15, 0.2) is 6.08 Å². The van der Waals surface area contributed by atoms with Crippen LogP contribution in [0.1, 0.15) is 90.0 Å². The van der Waals surface area contributed by atoms with Crippen molar-refractivity contribution in [2.75, 3.05) is 0 Å². The molecular weight excluding hydrogens is 486 g/mol. The van der Waals surface area contributed by atoms with Gasteiger partial charge in [0.15, 0.2) is 0 Å². The molecular formula is C21H48Cl2P2Ru+2. The minimum absolute atomic E-state index is 0.0957. The molecule has 162 valence electrons. The summed E-state index contributed by atoms with van der Waals surface area (Å²) in [6.07, 6.45) is 1.75. The zero-order valence-corrected chi connectivity index (χ0v) is 24.9. The van der Waals surface area contributed by atoms with Crippen LogP contribution < -0.4 is 0 Å². The summed E-state index contributed by atoms with van der Waals surface area (Å²) in [5, 5.41) is 0. The molecule has 0 aliphatic rings. The summed E-state index contributed by atoms with van der Waals surface area (Å²) in [5.74, 6) is 0. The van der Waals surface area contributed by atoms with Crippen molar-refractivity contribution >= 4 is 39.5 Å². The van der Waals surface area contributed by atoms with Crippen LogP contribution in [0.5, 0.6) is 0 Å². The maximum absolute atomic E-state index is 5.34. The summed E-state index contributed by atoms with van der Waals surface area (Å²) >= 11 is -1.57. The predicted molar refractivity (Wildman–Crippen MR) is 134 cm³/mol. The van der Waals surface area contributed by atoms with Crippen molar-refractivity contribution in [1.82, 2.24) is 0 Å². The Hall–Kier alpha value is 1.71. The molecule has 0 atom stereocenters. The van der Waals surface area contributed by atoms with Gasteiger partial charge in [-0.25, -0.2) is 0 Å². The molecule has 0 aromatic heterocycles. The van der Waals surface area contributed by atoms with Gasteiger partial charge in [0.1, 0.15) is 0 Å². The molecule has 0 nitrogen and oxygen atoms in total. The number of halogens is 2. The third-order valence-electron chi connectivity index (χ3n) is 4.18. The molecule has 0 bridgehead atoms. The Morgan fingerprint density at radius 2 is 0.769 bits per heavy atom. The van der Waals surface area contributed by atoms with Crippen LogP contribution >= 0.6 is 35.2 Å². The van der Waals surface area contributed by atoms with Gasteiger partial charge in [-0.1, -0.05) is 0 Å². The van der Waals surface area contributed by atoms with E-state index in [1.54, 1.807) is 6.08 Å². The minimum atomic E-state index is -1.57. The third-order valence-corrected chi connectivity index (χ3v) is 14.0. The predicted octanol–water partition coefficient (Wildman–Crippen LogP) is 8.74. The van der Waals surface area contributed by atoms with Crippen LogP contribution in [0, 0.1) is 0 Å². The molecule has 0 aromatic carbocycles. The van der Waals surface area contributed by atoms with E-state index in [-0.39, 0.29) is 15.8 Å². The van der Waals surface area contributed by atoms with E-state index in [0.29, 0.717) is 0 Å². The van der Waals surface area contributed by atoms with Crippen LogP contribution in [0.25, 0.3) is 0 Å². The summed E-state index contributed by atoms with van der Waals surface area (Å²) in [6, 6.07) is 0. The van der Waals surface area contributed by atoms with Gasteiger partial charge in [0, 0.05) is 15.8 Å². The Labute approximate surface area is 182 Å². The topological polar surface area (TPSA) is 0 Å². The van der Waals surface area contributed by atoms with Crippen molar-refractivity contribution in [3.63, 3.8) is 0 Å². The number of hydrogen-bond donors (Lipinski definition) is 0. The van der Waals surface area contributed by atoms with E-state index >= 15 is 0 Å². The second-order valence-electron chi connectivity index (χ2n) is 8.50. The van der Waals surface area contributed by atoms with Gasteiger partial charge in [-0.2, -0.15) is 0 Å². The first kappa shape index (κ1) is 32.4. The quantitative estimate of drug-likeness (QED) is 0.236. The van der Waals surface area contributed by atoms with Gasteiger partial charge >= 0.3 is 50.2 Å². The Morgan fingerprint density at radius 3 is 0.769 bits per heavy atom. The van der Waals surface area contributed by atoms with Gasteiger partial charge < -0.3 is 0 Å². The normalized spacial score (nSPS) is 11.9. The third kappa shape index (κ3) is 19.0. The summed E-state index contributed by atoms with van der Waals surface area (Å²) in [6.45, 7) is 30.3. The van der Waals surface area contributed by atoms with Crippen molar-refractivity contribution in [2.24, 2.45) is 0 Å². The first-order valence-electron chi connectivity index (χ1n) is 9.97. The van der Waals surface area contributed by atoms with E-state index in [2.05, 4.69) is 87.3 Å². The molecule has 0 spiro atoms. The zero-order valence-electron chi connectivity index (χ0n) is 19.7. The second kappa shape index (κ2) is 18.7. The summed E-state index contributed by atoms with van der Waals surface area (Å²) in [4.78, 5) is 0. The fraction of sp³-hybridized carbons (Fsp3) is 0.905. The van der Waals surface area contributed by atoms with Gasteiger partial charge in [0.2, 0.25) is 0 Å². The molecule has 0 aliphatic carbocycles. The van der Waals surface area contributed by atoms with Crippen LogP contribution in [0.4, 0.5) is 0 Å². The van der Waals surface area contributed by atoms with E-state index in [1.807, 2.05) is 6.92 Å². The van der Waals surface area contributed by atoms with Crippen LogP contribution in [0.2, 0.25) is 0 Å². The fourth-order valence-electron chi connectivity index (χ4n) is 4.08. The Kier molecular flexibility index (Phi) is 23.3. The van der Waals surface area contributed by atoms with Crippen LogP contribution in [-0.4, -0.2) is 38.2 Å². The van der Waals surface area contributed by atoms with Gasteiger partial charge in [-0.15, -0.1) is 0 Å². The molecule has 0 amide bonds. The summed E-state index contributed by atoms with van der Waals surface area (Å²) < 4.78 is 2.76. The Balaban J connectivity index is -0.000000316. The molecule has 0 unspecified atom stereocenters. The first-order valence-corrected chi connectivity index (χ1v) is 18.8. The van der Waals surface area contributed by atoms with Crippen molar-refractivity contribution in [3.05, 3.63) is 6.08 Å². The summed E-state index contributed by atoms with van der Waals surface area (Å²) in [7, 11) is 10.5. The van der Waals surface area contributed by atoms with E-state index < -0.39 is 13.5 Å². The molecule has 0 aliphatic heterocycles. The molecule has 26 heavy (non-hydrogen) atoms. The number of allylic oxidation sites excluding steroid dienone is 1. The average molecular weight is 535 g/mol. The van der Waals surface area contributed by atoms with E-state index in [1.165, 1.54) is 0 Å². The van der Waals surface area contributed by atoms with Crippen molar-refractivity contribution in [3.8, 4) is 0 Å². The molecule has 0 radical (unpaired) electrons. The van der Waals surface area contributed by atoms with E-state index in [4.69, 9.17) is 19.4 Å². The average Bonchev–Trinajstić information content (AvgIpc) is 2.35. The van der Waals surface area contributed by atoms with Crippen molar-refractivity contribution in [2.45, 2.75) is 124 Å². The molecule has 0 aromatic rings. The maximum atomic E-state index is 5.34. The second-order valence-corrected chi connectivity index (χ2v) is 22.8.